The fourth-order valence-corrected chi connectivity index (χ4v) is 1.21. The molecule has 66 valence electrons. The van der Waals surface area contributed by atoms with Gasteiger partial charge in [-0.25, -0.2) is 0 Å². The molecule has 1 nitrogen and oxygen atoms in total. The van der Waals surface area contributed by atoms with Crippen molar-refractivity contribution in [3.8, 4) is 0 Å². The van der Waals surface area contributed by atoms with E-state index >= 15 is 0 Å². The predicted molar refractivity (Wildman–Crippen MR) is 43.1 cm³/mol. The van der Waals surface area contributed by atoms with E-state index in [2.05, 4.69) is 15.9 Å². The van der Waals surface area contributed by atoms with Crippen molar-refractivity contribution in [1.82, 2.24) is 0 Å². The lowest BCUT2D eigenvalue weighted by Crippen LogP contribution is -2.05. The van der Waals surface area contributed by atoms with Crippen molar-refractivity contribution in [3.05, 3.63) is 34.0 Å². The summed E-state index contributed by atoms with van der Waals surface area (Å²) in [5.41, 5.74) is 6.03. The van der Waals surface area contributed by atoms with Gasteiger partial charge in [0.25, 0.3) is 0 Å². The highest BCUT2D eigenvalue weighted by molar-refractivity contribution is 9.10. The van der Waals surface area contributed by atoms with Gasteiger partial charge in [-0.2, -0.15) is 13.2 Å². The molecule has 0 radical (unpaired) electrons. The van der Waals surface area contributed by atoms with Crippen molar-refractivity contribution in [1.29, 1.82) is 0 Å². The molecule has 0 aliphatic rings. The van der Waals surface area contributed by atoms with Crippen molar-refractivity contribution >= 4 is 21.6 Å². The maximum atomic E-state index is 12.1. The third kappa shape index (κ3) is 1.91. The molecule has 0 heterocycles. The second kappa shape index (κ2) is 2.97. The van der Waals surface area contributed by atoms with E-state index in [1.165, 1.54) is 12.1 Å². The van der Waals surface area contributed by atoms with Crippen LogP contribution in [-0.4, -0.2) is 0 Å². The van der Waals surface area contributed by atoms with Crippen LogP contribution in [0.15, 0.2) is 22.7 Å². The number of halogens is 4. The molecule has 0 aromatic heterocycles. The molecule has 0 amide bonds. The molecule has 5 heteroatoms. The van der Waals surface area contributed by atoms with Crippen LogP contribution < -0.4 is 0 Å². The zero-order valence-electron chi connectivity index (χ0n) is 5.74. The summed E-state index contributed by atoms with van der Waals surface area (Å²) >= 11 is 2.76. The van der Waals surface area contributed by atoms with Crippen molar-refractivity contribution < 1.29 is 13.2 Å². The normalized spacial score (nSPS) is 11.7. The van der Waals surface area contributed by atoms with E-state index < -0.39 is 11.7 Å². The lowest BCUT2D eigenvalue weighted by Gasteiger charge is -2.11. The number of alkyl halides is 3. The molecule has 1 N–H and O–H groups in total. The minimum Gasteiger partial charge on any atom is -0.699 e. The summed E-state index contributed by atoms with van der Waals surface area (Å²) < 4.78 is 36.3. The average Bonchev–Trinajstić information content (AvgIpc) is 1.92. The SMILES string of the molecule is [NH-]c1ccc(Br)c(C(F)(F)F)c1. The van der Waals surface area contributed by atoms with E-state index in [-0.39, 0.29) is 10.2 Å². The fraction of sp³-hybridized carbons (Fsp3) is 0.143. The Morgan fingerprint density at radius 3 is 2.25 bits per heavy atom. The molecule has 1 rings (SSSR count). The number of hydrogen-bond acceptors (Lipinski definition) is 0. The van der Waals surface area contributed by atoms with Crippen LogP contribution in [0.25, 0.3) is 5.73 Å². The van der Waals surface area contributed by atoms with Crippen LogP contribution in [0.1, 0.15) is 5.56 Å². The molecule has 0 bridgehead atoms. The van der Waals surface area contributed by atoms with Crippen molar-refractivity contribution in [3.63, 3.8) is 0 Å². The predicted octanol–water partition coefficient (Wildman–Crippen LogP) is 4.15. The molecular weight excluding hydrogens is 235 g/mol. The topological polar surface area (TPSA) is 23.8 Å². The van der Waals surface area contributed by atoms with E-state index in [0.29, 0.717) is 0 Å². The van der Waals surface area contributed by atoms with Gasteiger partial charge in [-0.05, 0) is 6.07 Å². The minimum absolute atomic E-state index is 0.0361. The van der Waals surface area contributed by atoms with Gasteiger partial charge in [0, 0.05) is 4.47 Å². The maximum Gasteiger partial charge on any atom is 0.417 e. The number of rotatable bonds is 0. The van der Waals surface area contributed by atoms with Crippen LogP contribution in [0.2, 0.25) is 0 Å². The summed E-state index contributed by atoms with van der Waals surface area (Å²) in [6.07, 6.45) is -4.39. The Kier molecular flexibility index (Phi) is 2.32. The van der Waals surface area contributed by atoms with Crippen molar-refractivity contribution in [2.24, 2.45) is 0 Å². The molecule has 0 unspecified atom stereocenters. The summed E-state index contributed by atoms with van der Waals surface area (Å²) in [5, 5.41) is 0. The molecule has 0 saturated carbocycles. The van der Waals surface area contributed by atoms with E-state index in [9.17, 15) is 13.2 Å². The monoisotopic (exact) mass is 238 g/mol. The molecule has 0 atom stereocenters. The summed E-state index contributed by atoms with van der Waals surface area (Å²) in [6.45, 7) is 0. The standard InChI is InChI=1S/C7H4BrF3N/c8-6-2-1-4(12)3-5(6)7(9,10)11/h1-3,12H/q-1. The third-order valence-corrected chi connectivity index (χ3v) is 1.96. The molecule has 0 spiro atoms. The first-order valence-corrected chi connectivity index (χ1v) is 3.79. The van der Waals surface area contributed by atoms with Gasteiger partial charge in [0.15, 0.2) is 0 Å². The van der Waals surface area contributed by atoms with E-state index in [1.807, 2.05) is 0 Å². The Labute approximate surface area is 75.5 Å². The largest absolute Gasteiger partial charge is 0.699 e. The van der Waals surface area contributed by atoms with Gasteiger partial charge >= 0.3 is 6.18 Å². The van der Waals surface area contributed by atoms with Crippen LogP contribution in [0, 0.1) is 0 Å². The molecule has 12 heavy (non-hydrogen) atoms. The Hall–Kier alpha value is -0.710. The van der Waals surface area contributed by atoms with Gasteiger partial charge in [-0.15, -0.1) is 5.69 Å². The maximum absolute atomic E-state index is 12.1. The Balaban J connectivity index is 3.23. The van der Waals surface area contributed by atoms with Gasteiger partial charge in [0.2, 0.25) is 0 Å². The number of hydrogen-bond donors (Lipinski definition) is 0. The first-order chi connectivity index (χ1) is 5.41. The first kappa shape index (κ1) is 9.38. The molecule has 0 fully saturated rings. The summed E-state index contributed by atoms with van der Waals surface area (Å²) in [5.74, 6) is 0. The summed E-state index contributed by atoms with van der Waals surface area (Å²) in [6, 6.07) is 3.29. The van der Waals surface area contributed by atoms with E-state index in [4.69, 9.17) is 5.73 Å². The molecule has 0 aliphatic heterocycles. The molecule has 1 aromatic carbocycles. The van der Waals surface area contributed by atoms with Crippen molar-refractivity contribution in [2.75, 3.05) is 0 Å². The molecule has 0 aliphatic carbocycles. The molecular formula is C7H4BrF3N-. The zero-order valence-corrected chi connectivity index (χ0v) is 7.33. The van der Waals surface area contributed by atoms with Crippen LogP contribution in [0.4, 0.5) is 18.9 Å². The lowest BCUT2D eigenvalue weighted by molar-refractivity contribution is -0.138. The average molecular weight is 239 g/mol. The van der Waals surface area contributed by atoms with Crippen LogP contribution in [0.5, 0.6) is 0 Å². The second-order valence-electron chi connectivity index (χ2n) is 2.19. The van der Waals surface area contributed by atoms with Gasteiger partial charge in [-0.3, -0.25) is 0 Å². The van der Waals surface area contributed by atoms with Gasteiger partial charge in [-0.1, -0.05) is 28.1 Å². The van der Waals surface area contributed by atoms with Gasteiger partial charge in [0.05, 0.1) is 5.56 Å². The summed E-state index contributed by atoms with van der Waals surface area (Å²) in [7, 11) is 0. The Bertz CT molecular complexity index is 295. The number of nitrogens with one attached hydrogen (secondary N) is 1. The highest BCUT2D eigenvalue weighted by Gasteiger charge is 2.32. The quantitative estimate of drug-likeness (QED) is 0.649. The lowest BCUT2D eigenvalue weighted by atomic mass is 10.2. The first-order valence-electron chi connectivity index (χ1n) is 2.99. The highest BCUT2D eigenvalue weighted by atomic mass is 79.9. The van der Waals surface area contributed by atoms with Crippen LogP contribution >= 0.6 is 15.9 Å². The molecule has 0 saturated heterocycles. The van der Waals surface area contributed by atoms with Gasteiger partial charge in [0.1, 0.15) is 0 Å². The highest BCUT2D eigenvalue weighted by Crippen LogP contribution is 2.36. The zero-order chi connectivity index (χ0) is 9.35. The smallest absolute Gasteiger partial charge is 0.417 e. The Morgan fingerprint density at radius 2 is 1.83 bits per heavy atom. The van der Waals surface area contributed by atoms with Crippen LogP contribution in [-0.2, 0) is 6.18 Å². The second-order valence-corrected chi connectivity index (χ2v) is 3.05. The van der Waals surface area contributed by atoms with E-state index in [1.54, 1.807) is 0 Å². The Morgan fingerprint density at radius 1 is 1.25 bits per heavy atom. The van der Waals surface area contributed by atoms with E-state index in [0.717, 1.165) is 6.07 Å². The fourth-order valence-electron chi connectivity index (χ4n) is 0.743. The van der Waals surface area contributed by atoms with Crippen LogP contribution in [0.3, 0.4) is 0 Å². The van der Waals surface area contributed by atoms with Crippen molar-refractivity contribution in [2.45, 2.75) is 6.18 Å². The minimum atomic E-state index is -4.39. The number of benzene rings is 1. The summed E-state index contributed by atoms with van der Waals surface area (Å²) in [4.78, 5) is 0. The molecule has 1 aromatic rings. The van der Waals surface area contributed by atoms with Gasteiger partial charge < -0.3 is 5.73 Å². The third-order valence-electron chi connectivity index (χ3n) is 1.27.